The molecule has 16 aliphatic rings. The van der Waals surface area contributed by atoms with E-state index in [2.05, 4.69) is 187 Å². The van der Waals surface area contributed by atoms with Crippen LogP contribution in [-0.2, 0) is 117 Å². The molecule has 6 atom stereocenters. The molecule has 22 nitrogen and oxygen atoms in total. The zero-order valence-corrected chi connectivity index (χ0v) is 77.1. The van der Waals surface area contributed by atoms with Crippen LogP contribution in [0.25, 0.3) is 0 Å². The summed E-state index contributed by atoms with van der Waals surface area (Å²) in [6.07, 6.45) is 13.5. The number of alkyl halides is 4. The van der Waals surface area contributed by atoms with E-state index < -0.39 is 169 Å². The Kier molecular flexibility index (Phi) is 30.3. The average molecular weight is 1860 g/mol. The smallest absolute Gasteiger partial charge is 0.377 e. The third kappa shape index (κ3) is 23.5. The van der Waals surface area contributed by atoms with Gasteiger partial charge in [-0.05, 0) is 285 Å². The van der Waals surface area contributed by atoms with Crippen molar-refractivity contribution in [3.63, 3.8) is 0 Å². The van der Waals surface area contributed by atoms with E-state index >= 15 is 0 Å². The lowest BCUT2D eigenvalue weighted by Crippen LogP contribution is -2.60. The molecule has 16 bridgehead atoms. The first-order chi connectivity index (χ1) is 63.1. The van der Waals surface area contributed by atoms with Crippen LogP contribution in [0.4, 0.5) is 17.6 Å². The van der Waals surface area contributed by atoms with Crippen LogP contribution in [0.1, 0.15) is 207 Å². The molecule has 16 aliphatic carbocycles. The summed E-state index contributed by atoms with van der Waals surface area (Å²) in [6, 6.07) is 64.3. The standard InChI is InChI=1S/C36H50F2O10.C32H42F2O12.2C18H15S/c1-4-35(24-10-20-8-21(12-24)13-25(35)11-20)47-30(40)18-44-29(39)7-6-28(46-33(43)34(3,37)38)32(42)45-19-31(41)48-36(5-2)26-14-22-9-23(16-26)17-27(36)15-22;1-28(33,34)27(39)44-22(26(38)43-15-25(37)46-32-12-20-5-21(13-32)9-30(41,8-20)17-32)2-3-23(35)42-14-24(36)45-31-10-18-4-19(11-31)7-29(40,6-18)16-31;2*1-4-10-16(11-5-1)19(17-12-6-2-7-13-17)18-14-8-3-9-15-18/h20-28H,4-19H2,1-3H3;18-22,40-41H,2-17H2,1H3;2*1-15H/q;;2*+1. The van der Waals surface area contributed by atoms with Gasteiger partial charge in [-0.3, -0.25) is 9.59 Å². The van der Waals surface area contributed by atoms with E-state index in [0.29, 0.717) is 119 Å². The van der Waals surface area contributed by atoms with E-state index in [1.165, 1.54) is 42.2 Å². The van der Waals surface area contributed by atoms with Gasteiger partial charge in [-0.25, -0.2) is 38.4 Å². The summed E-state index contributed by atoms with van der Waals surface area (Å²) in [5.41, 5.74) is -4.59. The third-order valence-electron chi connectivity index (χ3n) is 29.6. The number of halogens is 4. The van der Waals surface area contributed by atoms with Crippen molar-refractivity contribution in [3.8, 4) is 0 Å². The largest absolute Gasteiger partial charge is 0.456 e. The molecule has 0 saturated heterocycles. The first kappa shape index (κ1) is 96.9. The maximum atomic E-state index is 13.7. The van der Waals surface area contributed by atoms with E-state index in [4.69, 9.17) is 42.6 Å². The van der Waals surface area contributed by atoms with Gasteiger partial charge in [0, 0.05) is 52.4 Å². The van der Waals surface area contributed by atoms with Crippen LogP contribution in [0, 0.1) is 71.0 Å². The minimum Gasteiger partial charge on any atom is -0.456 e. The Hall–Kier alpha value is -9.64. The minimum absolute atomic E-state index is 0.0146. The van der Waals surface area contributed by atoms with Crippen molar-refractivity contribution in [2.45, 2.75) is 295 Å². The number of benzene rings is 6. The minimum atomic E-state index is -3.95. The fourth-order valence-corrected chi connectivity index (χ4v) is 29.8. The number of hydrogen-bond donors (Lipinski definition) is 2. The van der Waals surface area contributed by atoms with Crippen LogP contribution in [-0.4, -0.2) is 154 Å². The van der Waals surface area contributed by atoms with Crippen LogP contribution < -0.4 is 0 Å². The zero-order valence-electron chi connectivity index (χ0n) is 75.4. The van der Waals surface area contributed by atoms with Crippen molar-refractivity contribution in [1.29, 1.82) is 0 Å². The average Bonchev–Trinajstić information content (AvgIpc) is 0.742. The van der Waals surface area contributed by atoms with E-state index in [9.17, 15) is 75.7 Å². The van der Waals surface area contributed by atoms with Gasteiger partial charge in [0.1, 0.15) is 22.4 Å². The van der Waals surface area contributed by atoms with Crippen molar-refractivity contribution >= 4 is 81.5 Å². The zero-order chi connectivity index (χ0) is 93.4. The van der Waals surface area contributed by atoms with E-state index in [0.717, 1.165) is 64.2 Å². The molecule has 0 amide bonds. The summed E-state index contributed by atoms with van der Waals surface area (Å²) in [7, 11) is -0.0293. The van der Waals surface area contributed by atoms with Gasteiger partial charge < -0.3 is 57.6 Å². The second-order valence-electron chi connectivity index (χ2n) is 39.5. The Morgan fingerprint density at radius 2 is 0.568 bits per heavy atom. The Morgan fingerprint density at radius 3 is 0.803 bits per heavy atom. The molecule has 0 aliphatic heterocycles. The Balaban J connectivity index is 0.000000146. The van der Waals surface area contributed by atoms with Gasteiger partial charge >= 0.3 is 71.5 Å². The van der Waals surface area contributed by atoms with Gasteiger partial charge in [0.2, 0.25) is 0 Å². The molecule has 6 unspecified atom stereocenters. The quantitative estimate of drug-likeness (QED) is 0.0172. The number of ether oxygens (including phenoxy) is 10. The second-order valence-corrected chi connectivity index (χ2v) is 43.6. The van der Waals surface area contributed by atoms with Crippen LogP contribution >= 0.6 is 0 Å². The predicted molar refractivity (Wildman–Crippen MR) is 476 cm³/mol. The molecular weight excluding hydrogens is 1740 g/mol. The molecule has 2 N–H and O–H groups in total. The lowest BCUT2D eigenvalue weighted by atomic mass is 9.49. The molecule has 0 spiro atoms. The summed E-state index contributed by atoms with van der Waals surface area (Å²) in [5.74, 6) is -14.7. The van der Waals surface area contributed by atoms with Crippen LogP contribution in [0.5, 0.6) is 0 Å². The molecule has 6 aromatic rings. The number of carbonyl (C=O) groups excluding carboxylic acids is 10. The van der Waals surface area contributed by atoms with E-state index in [1.807, 2.05) is 13.8 Å². The summed E-state index contributed by atoms with van der Waals surface area (Å²) in [5, 5.41) is 21.7. The van der Waals surface area contributed by atoms with Crippen LogP contribution in [0.2, 0.25) is 0 Å². The van der Waals surface area contributed by atoms with Crippen molar-refractivity contribution in [1.82, 2.24) is 0 Å². The highest BCUT2D eigenvalue weighted by atomic mass is 32.2. The molecule has 22 rings (SSSR count). The van der Waals surface area contributed by atoms with Crippen LogP contribution in [0.15, 0.2) is 211 Å². The van der Waals surface area contributed by atoms with Crippen molar-refractivity contribution in [2.24, 2.45) is 71.0 Å². The fraction of sp³-hybridized carbons (Fsp3) is 0.558. The molecule has 16 saturated carbocycles. The van der Waals surface area contributed by atoms with Gasteiger partial charge in [0.25, 0.3) is 0 Å². The molecule has 0 radical (unpaired) electrons. The highest BCUT2D eigenvalue weighted by molar-refractivity contribution is 7.97. The third-order valence-corrected chi connectivity index (χ3v) is 34.0. The Bertz CT molecular complexity index is 4630. The monoisotopic (exact) mass is 1860 g/mol. The van der Waals surface area contributed by atoms with E-state index in [1.54, 1.807) is 0 Å². The van der Waals surface area contributed by atoms with Crippen LogP contribution in [0.3, 0.4) is 0 Å². The highest BCUT2D eigenvalue weighted by Crippen LogP contribution is 2.64. The van der Waals surface area contributed by atoms with Crippen molar-refractivity contribution < 1.29 is 123 Å². The molecule has 0 aromatic heterocycles. The molecule has 132 heavy (non-hydrogen) atoms. The molecule has 6 aromatic carbocycles. The first-order valence-corrected chi connectivity index (χ1v) is 49.5. The SMILES string of the molecule is CC(F)(F)C(=O)OC(CCC(=O)OCC(=O)OC12CC3CC(CC(O)(C3)C1)C2)C(=O)OCC(=O)OC12CC3CC(CC(O)(C3)C1)C2.CCC1(OC(=O)COC(=O)CCC(OC(=O)C(C)(F)F)C(=O)OCC(=O)OC2(CC)C3CC4CC(C3)CC2C4)C2CC3CC(C2)CC1C3.c1ccc([S+](c2ccccc2)c2ccccc2)cc1.c1ccc([S+](c2ccccc2)c2ccccc2)cc1. The summed E-state index contributed by atoms with van der Waals surface area (Å²) in [6.45, 7) is 1.55. The van der Waals surface area contributed by atoms with Gasteiger partial charge in [0.05, 0.1) is 33.0 Å². The molecule has 28 heteroatoms. The Morgan fingerprint density at radius 1 is 0.333 bits per heavy atom. The normalized spacial score (nSPS) is 30.4. The lowest BCUT2D eigenvalue weighted by molar-refractivity contribution is -0.223. The maximum absolute atomic E-state index is 13.7. The van der Waals surface area contributed by atoms with Gasteiger partial charge in [-0.2, -0.15) is 17.6 Å². The number of aliphatic hydroxyl groups is 2. The number of rotatable bonds is 32. The predicted octanol–water partition coefficient (Wildman–Crippen LogP) is 18.0. The summed E-state index contributed by atoms with van der Waals surface area (Å²) < 4.78 is 107. The number of esters is 10. The topological polar surface area (TPSA) is 303 Å². The highest BCUT2D eigenvalue weighted by Gasteiger charge is 2.63. The number of carbonyl (C=O) groups is 10. The van der Waals surface area contributed by atoms with Gasteiger partial charge in [0.15, 0.2) is 68.0 Å². The number of hydrogen-bond acceptors (Lipinski definition) is 22. The van der Waals surface area contributed by atoms with E-state index in [-0.39, 0.29) is 64.2 Å². The van der Waals surface area contributed by atoms with Crippen molar-refractivity contribution in [2.75, 3.05) is 26.4 Å². The summed E-state index contributed by atoms with van der Waals surface area (Å²) in [4.78, 5) is 134. The maximum Gasteiger partial charge on any atom is 0.377 e. The van der Waals surface area contributed by atoms with Gasteiger partial charge in [-0.1, -0.05) is 123 Å². The molecule has 16 fully saturated rings. The lowest BCUT2D eigenvalue weighted by Gasteiger charge is -2.60. The fourth-order valence-electron chi connectivity index (χ4n) is 25.6. The van der Waals surface area contributed by atoms with Crippen molar-refractivity contribution in [3.05, 3.63) is 182 Å². The van der Waals surface area contributed by atoms with Gasteiger partial charge in [-0.15, -0.1) is 0 Å². The summed E-state index contributed by atoms with van der Waals surface area (Å²) >= 11 is 0. The molecule has 708 valence electrons. The molecule has 0 heterocycles. The molecular formula is C104H122F4O22S2+2. The Labute approximate surface area is 774 Å². The first-order valence-electron chi connectivity index (χ1n) is 47.0. The second kappa shape index (κ2) is 41.3.